The summed E-state index contributed by atoms with van der Waals surface area (Å²) in [6.07, 6.45) is 3.27. The van der Waals surface area contributed by atoms with E-state index in [-0.39, 0.29) is 6.10 Å². The molecule has 20 heavy (non-hydrogen) atoms. The average molecular weight is 297 g/mol. The summed E-state index contributed by atoms with van der Waals surface area (Å²) in [5, 5.41) is 3.65. The Kier molecular flexibility index (Phi) is 3.76. The van der Waals surface area contributed by atoms with Crippen LogP contribution in [0.25, 0.3) is 0 Å². The van der Waals surface area contributed by atoms with Crippen molar-refractivity contribution >= 4 is 23.3 Å². The van der Waals surface area contributed by atoms with E-state index in [4.69, 9.17) is 22.1 Å². The molecule has 0 aromatic carbocycles. The Morgan fingerprint density at radius 2 is 2.20 bits per heavy atom. The summed E-state index contributed by atoms with van der Waals surface area (Å²) >= 11 is 6.00. The van der Waals surface area contributed by atoms with Gasteiger partial charge in [-0.1, -0.05) is 11.6 Å². The lowest BCUT2D eigenvalue weighted by Crippen LogP contribution is -2.30. The first kappa shape index (κ1) is 13.6. The minimum absolute atomic E-state index is 0.0226. The number of rotatable bonds is 5. The third-order valence-corrected chi connectivity index (χ3v) is 3.78. The Morgan fingerprint density at radius 1 is 1.40 bits per heavy atom. The first-order valence-corrected chi connectivity index (χ1v) is 7.23. The Morgan fingerprint density at radius 3 is 2.85 bits per heavy atom. The number of ether oxygens (including phenoxy) is 1. The topological polar surface area (TPSA) is 90.1 Å². The first-order valence-electron chi connectivity index (χ1n) is 6.85. The number of nitrogens with one attached hydrogen (secondary N) is 1. The molecule has 0 radical (unpaired) electrons. The summed E-state index contributed by atoms with van der Waals surface area (Å²) in [6, 6.07) is 1.70. The molecule has 1 aromatic rings. The van der Waals surface area contributed by atoms with Gasteiger partial charge in [-0.05, 0) is 25.7 Å². The smallest absolute Gasteiger partial charge is 0.246 e. The molecule has 7 heteroatoms. The molecule has 1 saturated carbocycles. The van der Waals surface area contributed by atoms with Crippen molar-refractivity contribution < 1.29 is 9.53 Å². The van der Waals surface area contributed by atoms with E-state index in [2.05, 4.69) is 15.3 Å². The lowest BCUT2D eigenvalue weighted by Gasteiger charge is -2.13. The predicted octanol–water partition coefficient (Wildman–Crippen LogP) is 1.45. The molecule has 6 nitrogen and oxygen atoms in total. The summed E-state index contributed by atoms with van der Waals surface area (Å²) in [4.78, 5) is 19.7. The number of hydrogen-bond donors (Lipinski definition) is 2. The highest BCUT2D eigenvalue weighted by atomic mass is 35.5. The largest absolute Gasteiger partial charge is 0.367 e. The van der Waals surface area contributed by atoms with Gasteiger partial charge in [0.15, 0.2) is 0 Å². The number of nitrogens with zero attached hydrogens (tertiary/aromatic N) is 2. The van der Waals surface area contributed by atoms with Gasteiger partial charge in [-0.3, -0.25) is 4.79 Å². The van der Waals surface area contributed by atoms with Gasteiger partial charge in [-0.15, -0.1) is 0 Å². The van der Waals surface area contributed by atoms with Crippen LogP contribution in [0.15, 0.2) is 6.07 Å². The summed E-state index contributed by atoms with van der Waals surface area (Å²) < 4.78 is 5.55. The van der Waals surface area contributed by atoms with E-state index in [0.29, 0.717) is 29.9 Å². The fourth-order valence-electron chi connectivity index (χ4n) is 2.33. The van der Waals surface area contributed by atoms with Gasteiger partial charge in [0.1, 0.15) is 22.9 Å². The number of carbonyl (C=O) groups excluding carboxylic acids is 1. The second-order valence-corrected chi connectivity index (χ2v) is 5.70. The number of amides is 1. The quantitative estimate of drug-likeness (QED) is 0.803. The van der Waals surface area contributed by atoms with Crippen LogP contribution in [0.4, 0.5) is 5.82 Å². The van der Waals surface area contributed by atoms with E-state index in [1.165, 1.54) is 0 Å². The summed E-state index contributed by atoms with van der Waals surface area (Å²) in [6.45, 7) is 0.585. The van der Waals surface area contributed by atoms with Crippen LogP contribution >= 0.6 is 11.6 Å². The zero-order valence-corrected chi connectivity index (χ0v) is 11.8. The lowest BCUT2D eigenvalue weighted by molar-refractivity contribution is -0.128. The predicted molar refractivity (Wildman–Crippen MR) is 74.6 cm³/mol. The average Bonchev–Trinajstić information content (AvgIpc) is 3.14. The van der Waals surface area contributed by atoms with E-state index in [0.717, 1.165) is 25.1 Å². The maximum Gasteiger partial charge on any atom is 0.246 e. The molecule has 0 spiro atoms. The number of halogens is 1. The number of aromatic nitrogens is 2. The number of primary amides is 1. The fourth-order valence-corrected chi connectivity index (χ4v) is 2.52. The Hall–Kier alpha value is -1.40. The molecule has 2 atom stereocenters. The summed E-state index contributed by atoms with van der Waals surface area (Å²) in [7, 11) is 0. The van der Waals surface area contributed by atoms with Crippen LogP contribution in [-0.2, 0) is 9.53 Å². The van der Waals surface area contributed by atoms with Crippen molar-refractivity contribution in [3.63, 3.8) is 0 Å². The Bertz CT molecular complexity index is 521. The molecule has 1 aromatic heterocycles. The van der Waals surface area contributed by atoms with Crippen molar-refractivity contribution in [2.75, 3.05) is 11.9 Å². The zero-order chi connectivity index (χ0) is 14.1. The van der Waals surface area contributed by atoms with Crippen LogP contribution in [0, 0.1) is 0 Å². The second-order valence-electron chi connectivity index (χ2n) is 5.32. The van der Waals surface area contributed by atoms with Crippen molar-refractivity contribution in [3.8, 4) is 0 Å². The van der Waals surface area contributed by atoms with Crippen molar-refractivity contribution in [2.45, 2.75) is 43.8 Å². The van der Waals surface area contributed by atoms with E-state index in [1.807, 2.05) is 0 Å². The molecular weight excluding hydrogens is 280 g/mol. The van der Waals surface area contributed by atoms with E-state index < -0.39 is 12.0 Å². The molecule has 3 rings (SSSR count). The van der Waals surface area contributed by atoms with Gasteiger partial charge in [0.2, 0.25) is 5.91 Å². The van der Waals surface area contributed by atoms with E-state index in [1.54, 1.807) is 6.07 Å². The highest BCUT2D eigenvalue weighted by molar-refractivity contribution is 6.29. The minimum Gasteiger partial charge on any atom is -0.367 e. The SMILES string of the molecule is NC(=O)C1CCC(CNc2cc(Cl)nc(C3CC3)n2)O1. The molecule has 1 aliphatic carbocycles. The third kappa shape index (κ3) is 3.19. The molecule has 108 valence electrons. The van der Waals surface area contributed by atoms with Crippen LogP contribution in [0.3, 0.4) is 0 Å². The number of carbonyl (C=O) groups is 1. The normalized spacial score (nSPS) is 25.6. The maximum atomic E-state index is 11.0. The summed E-state index contributed by atoms with van der Waals surface area (Å²) in [5.41, 5.74) is 5.22. The van der Waals surface area contributed by atoms with Crippen molar-refractivity contribution in [2.24, 2.45) is 5.73 Å². The van der Waals surface area contributed by atoms with Crippen molar-refractivity contribution in [3.05, 3.63) is 17.0 Å². The van der Waals surface area contributed by atoms with Gasteiger partial charge in [0.25, 0.3) is 0 Å². The molecule has 0 bridgehead atoms. The van der Waals surface area contributed by atoms with E-state index >= 15 is 0 Å². The zero-order valence-electron chi connectivity index (χ0n) is 11.0. The van der Waals surface area contributed by atoms with Gasteiger partial charge in [0.05, 0.1) is 6.10 Å². The maximum absolute atomic E-state index is 11.0. The van der Waals surface area contributed by atoms with E-state index in [9.17, 15) is 4.79 Å². The molecule has 2 heterocycles. The highest BCUT2D eigenvalue weighted by Crippen LogP contribution is 2.38. The standard InChI is InChI=1S/C13H17ClN4O2/c14-10-5-11(18-13(17-10)7-1-2-7)16-6-8-3-4-9(20-8)12(15)19/h5,7-9H,1-4,6H2,(H2,15,19)(H,16,17,18). The second kappa shape index (κ2) is 5.54. The first-order chi connectivity index (χ1) is 9.61. The van der Waals surface area contributed by atoms with Gasteiger partial charge < -0.3 is 15.8 Å². The van der Waals surface area contributed by atoms with Crippen LogP contribution in [0.2, 0.25) is 5.15 Å². The van der Waals surface area contributed by atoms with Crippen molar-refractivity contribution in [1.29, 1.82) is 0 Å². The fraction of sp³-hybridized carbons (Fsp3) is 0.615. The van der Waals surface area contributed by atoms with Crippen LogP contribution in [-0.4, -0.2) is 34.6 Å². The molecule has 1 amide bonds. The van der Waals surface area contributed by atoms with Gasteiger partial charge in [-0.2, -0.15) is 0 Å². The molecule has 3 N–H and O–H groups in total. The third-order valence-electron chi connectivity index (χ3n) is 3.59. The highest BCUT2D eigenvalue weighted by Gasteiger charge is 2.29. The van der Waals surface area contributed by atoms with Gasteiger partial charge in [-0.25, -0.2) is 9.97 Å². The number of hydrogen-bond acceptors (Lipinski definition) is 5. The molecular formula is C13H17ClN4O2. The summed E-state index contributed by atoms with van der Waals surface area (Å²) in [5.74, 6) is 1.57. The molecule has 2 aliphatic rings. The van der Waals surface area contributed by atoms with Crippen LogP contribution in [0.5, 0.6) is 0 Å². The Labute approximate surface area is 122 Å². The lowest BCUT2D eigenvalue weighted by atomic mass is 10.2. The number of anilines is 1. The van der Waals surface area contributed by atoms with Gasteiger partial charge >= 0.3 is 0 Å². The molecule has 2 fully saturated rings. The molecule has 1 aliphatic heterocycles. The van der Waals surface area contributed by atoms with Crippen LogP contribution < -0.4 is 11.1 Å². The van der Waals surface area contributed by atoms with Crippen molar-refractivity contribution in [1.82, 2.24) is 9.97 Å². The Balaban J connectivity index is 1.57. The van der Waals surface area contributed by atoms with Crippen LogP contribution in [0.1, 0.15) is 37.4 Å². The van der Waals surface area contributed by atoms with Gasteiger partial charge in [0, 0.05) is 18.5 Å². The minimum atomic E-state index is -0.460. The molecule has 2 unspecified atom stereocenters. The molecule has 1 saturated heterocycles. The number of nitrogens with two attached hydrogens (primary N) is 1. The monoisotopic (exact) mass is 296 g/mol.